The van der Waals surface area contributed by atoms with E-state index in [0.717, 1.165) is 47.9 Å². The van der Waals surface area contributed by atoms with Crippen LogP contribution in [-0.2, 0) is 79.2 Å². The van der Waals surface area contributed by atoms with Crippen LogP contribution in [0, 0.1) is 48.2 Å². The van der Waals surface area contributed by atoms with Gasteiger partial charge in [-0.1, -0.05) is 132 Å². The molecular weight excluding hydrogens is 1440 g/mol. The summed E-state index contributed by atoms with van der Waals surface area (Å²) in [5.74, 6) is -2.50. The Bertz CT molecular complexity index is 2910. The van der Waals surface area contributed by atoms with Gasteiger partial charge < -0.3 is 51.2 Å². The molecule has 8 rings (SSSR count). The van der Waals surface area contributed by atoms with Crippen molar-refractivity contribution in [3.05, 3.63) is 187 Å². The zero-order valence-electron chi connectivity index (χ0n) is 50.6. The minimum atomic E-state index is -4.94. The molecule has 0 atom stereocenters. The first-order valence-corrected chi connectivity index (χ1v) is 29.2. The number of fused-ring (bicyclic) bond motifs is 8. The van der Waals surface area contributed by atoms with Crippen LogP contribution in [-0.4, -0.2) is 114 Å². The second kappa shape index (κ2) is 50.5. The van der Waals surface area contributed by atoms with E-state index in [0.29, 0.717) is 96.9 Å². The molecule has 0 amide bonds. The topological polar surface area (TPSA) is 513 Å². The summed E-state index contributed by atoms with van der Waals surface area (Å²) in [7, 11) is -9.89. The quantitative estimate of drug-likeness (QED) is 0.148. The van der Waals surface area contributed by atoms with Crippen molar-refractivity contribution in [1.29, 1.82) is 0 Å². The number of hydrogen-bond donors (Lipinski definition) is 0. The Morgan fingerprint density at radius 2 is 0.447 bits per heavy atom. The Labute approximate surface area is 590 Å². The van der Waals surface area contributed by atoms with Crippen molar-refractivity contribution in [3.8, 4) is 23.0 Å². The molecule has 32 heteroatoms. The van der Waals surface area contributed by atoms with E-state index in [1.807, 2.05) is 76.2 Å². The van der Waals surface area contributed by atoms with Crippen LogP contribution in [0.4, 0.5) is 0 Å². The molecule has 0 N–H and O–H groups in total. The van der Waals surface area contributed by atoms with Crippen molar-refractivity contribution in [2.24, 2.45) is 39.9 Å². The molecule has 0 fully saturated rings. The summed E-state index contributed by atoms with van der Waals surface area (Å²) >= 11 is 0. The monoisotopic (exact) mass is 1500 g/mol. The largest absolute Gasteiger partial charge is 3.00 e. The molecule has 2 aliphatic rings. The maximum atomic E-state index is 12.6. The van der Waals surface area contributed by atoms with Gasteiger partial charge in [-0.05, 0) is 131 Å². The van der Waals surface area contributed by atoms with Crippen molar-refractivity contribution in [3.63, 3.8) is 0 Å². The molecular formula is C62H62Cl2Fe4N8O18. The number of rotatable bonds is 2. The number of aliphatic imine (C=N–C) groups is 8. The molecule has 94 heavy (non-hydrogen) atoms. The van der Waals surface area contributed by atoms with Gasteiger partial charge in [0, 0.05) is 102 Å². The molecule has 0 unspecified atom stereocenters. The Morgan fingerprint density at radius 3 is 0.564 bits per heavy atom. The Morgan fingerprint density at radius 1 is 0.309 bits per heavy atom. The predicted molar refractivity (Wildman–Crippen MR) is 304 cm³/mol. The molecule has 26 nitrogen and oxygen atoms in total. The zero-order valence-corrected chi connectivity index (χ0v) is 56.5. The number of benzene rings is 6. The third-order valence-corrected chi connectivity index (χ3v) is 11.3. The molecule has 504 valence electrons. The smallest absolute Gasteiger partial charge is 2.00 e. The summed E-state index contributed by atoms with van der Waals surface area (Å²) in [6.45, 7) is 12.3. The van der Waals surface area contributed by atoms with Crippen LogP contribution in [0.1, 0.15) is 113 Å². The normalized spacial score (nSPS) is 12.7. The fraction of sp³-hybridized carbons (Fsp3) is 0.258. The van der Waals surface area contributed by atoms with Gasteiger partial charge in [0.1, 0.15) is 0 Å². The summed E-state index contributed by atoms with van der Waals surface area (Å²) in [5, 5.41) is 70.6. The molecule has 0 saturated carbocycles. The van der Waals surface area contributed by atoms with Gasteiger partial charge >= 0.3 is 68.3 Å². The van der Waals surface area contributed by atoms with E-state index in [-0.39, 0.29) is 113 Å². The van der Waals surface area contributed by atoms with Gasteiger partial charge in [-0.2, -0.15) is 0 Å². The van der Waals surface area contributed by atoms with Gasteiger partial charge in [-0.15, -0.1) is 20.5 Å². The van der Waals surface area contributed by atoms with Crippen LogP contribution in [0.2, 0.25) is 0 Å². The van der Waals surface area contributed by atoms with Gasteiger partial charge in [0.05, 0.1) is 11.9 Å². The summed E-state index contributed by atoms with van der Waals surface area (Å²) in [6, 6.07) is 30.8. The van der Waals surface area contributed by atoms with E-state index >= 15 is 0 Å². The molecule has 2 heterocycles. The van der Waals surface area contributed by atoms with Crippen LogP contribution in [0.15, 0.2) is 149 Å². The average Bonchev–Trinajstić information content (AvgIpc) is 0.883. The van der Waals surface area contributed by atoms with Crippen LogP contribution in [0.25, 0.3) is 0 Å². The average molecular weight is 1500 g/mol. The summed E-state index contributed by atoms with van der Waals surface area (Å²) < 4.78 is 67.9. The second-order valence-corrected chi connectivity index (χ2v) is 20.4. The number of carboxylic acids is 2. The summed E-state index contributed by atoms with van der Waals surface area (Å²) in [5.41, 5.74) is 9.01. The molecule has 8 bridgehead atoms. The molecule has 2 aliphatic heterocycles. The van der Waals surface area contributed by atoms with Crippen LogP contribution in [0.3, 0.4) is 0 Å². The Balaban J connectivity index is -0.000000586. The van der Waals surface area contributed by atoms with Crippen molar-refractivity contribution < 1.29 is 177 Å². The Kier molecular flexibility index (Phi) is 50.2. The van der Waals surface area contributed by atoms with Gasteiger partial charge in [-0.3, -0.25) is 39.9 Å². The van der Waals surface area contributed by atoms with Crippen LogP contribution >= 0.6 is 0 Å². The first kappa shape index (κ1) is 93.5. The third kappa shape index (κ3) is 41.0. The van der Waals surface area contributed by atoms with Crippen LogP contribution < -0.4 is 67.9 Å². The number of carboxylic acid groups (broad SMARTS) is 2. The van der Waals surface area contributed by atoms with Crippen molar-refractivity contribution >= 4 is 61.7 Å². The maximum absolute atomic E-state index is 12.6. The number of hydrogen-bond acceptors (Lipinski definition) is 24. The minimum Gasteiger partial charge on any atom is -2.00 e. The molecule has 0 aliphatic carbocycles. The number of carbonyl (C=O) groups is 2. The van der Waals surface area contributed by atoms with E-state index in [2.05, 4.69) is 39.9 Å². The van der Waals surface area contributed by atoms with E-state index < -0.39 is 32.4 Å². The molecule has 4 radical (unpaired) electrons. The molecule has 6 aromatic rings. The second-order valence-electron chi connectivity index (χ2n) is 18.8. The van der Waals surface area contributed by atoms with E-state index in [9.17, 15) is 40.2 Å². The van der Waals surface area contributed by atoms with Gasteiger partial charge in [-0.25, -0.2) is 37.3 Å². The number of aromatic carboxylic acids is 2. The number of aryl methyl sites for hydroxylation is 4. The van der Waals surface area contributed by atoms with E-state index in [4.69, 9.17) is 37.3 Å². The van der Waals surface area contributed by atoms with Gasteiger partial charge in [0.15, 0.2) is 0 Å². The number of nitrogens with zero attached hydrogens (tertiary/aromatic N) is 8. The SMILES string of the molecule is Cc1cc2c([O-])c(c1)C=NCCCN=Cc1cc(C)cc(c1[O-])C=NCCCN=C2.Cc1cc2c([O-])c(c1)C=NCCCN=Cc1cc(C)cc(c1[O-])C=NCCCN=C2.O=C([O-])c1ccccc1.O=C([O-])c1ccccc1.[Fe+3].[Fe+3].[Fe+3].[Fe+3].[O-2].[O-2].[O-][Cl+3]([O-])([O-])[O-].[O-][Cl+3]([O-])([O-])[O-]. The van der Waals surface area contributed by atoms with Crippen molar-refractivity contribution in [2.45, 2.75) is 53.4 Å². The maximum Gasteiger partial charge on any atom is 3.00 e. The minimum absolute atomic E-state index is 0. The fourth-order valence-electron chi connectivity index (χ4n) is 7.55. The first-order valence-electron chi connectivity index (χ1n) is 26.7. The zero-order chi connectivity index (χ0) is 65.1. The molecule has 0 saturated heterocycles. The third-order valence-electron chi connectivity index (χ3n) is 11.3. The number of halogens is 2. The summed E-state index contributed by atoms with van der Waals surface area (Å²) in [4.78, 5) is 55.2. The Hall–Kier alpha value is -6.92. The predicted octanol–water partition coefficient (Wildman–Crippen LogP) is -4.42. The van der Waals surface area contributed by atoms with E-state index in [1.54, 1.807) is 86.1 Å². The van der Waals surface area contributed by atoms with Crippen LogP contribution in [0.5, 0.6) is 23.0 Å². The number of carbonyl (C=O) groups excluding carboxylic acids is 2. The first-order chi connectivity index (χ1) is 41.7. The van der Waals surface area contributed by atoms with E-state index in [1.165, 1.54) is 24.3 Å². The fourth-order valence-corrected chi connectivity index (χ4v) is 7.55. The van der Waals surface area contributed by atoms with Gasteiger partial charge in [0.2, 0.25) is 0 Å². The molecule has 0 aromatic heterocycles. The molecule has 0 spiro atoms. The molecule has 6 aromatic carbocycles. The standard InChI is InChI=1S/2C24H28N4O2.2C7H6O2.2ClHO4.4Fe.2O/c2*1-17-9-19-13-25-5-3-7-27-15-21-11-18(2)12-22(24(21)30)16-28-8-4-6-26-14-20(10-17)23(19)29;2*8-7(9)6-4-2-1-3-5-6;2*2-1(3,4)5;;;;;;/h2*9-16,29-30H,3-8H2,1-2H3;2*1-5H,(H,8,9);2*(H,2,3,4,5);;;;;;/q;;;;;;4*+3;2*-2/p-8. The van der Waals surface area contributed by atoms with Crippen molar-refractivity contribution in [1.82, 2.24) is 0 Å². The van der Waals surface area contributed by atoms with Crippen molar-refractivity contribution in [2.75, 3.05) is 52.4 Å². The summed E-state index contributed by atoms with van der Waals surface area (Å²) in [6.07, 6.45) is 16.0. The van der Waals surface area contributed by atoms with Gasteiger partial charge in [0.25, 0.3) is 0 Å².